The van der Waals surface area contributed by atoms with Gasteiger partial charge in [-0.2, -0.15) is 0 Å². The summed E-state index contributed by atoms with van der Waals surface area (Å²) in [4.78, 5) is 8.41. The minimum Gasteiger partial charge on any atom is -0.348 e. The lowest BCUT2D eigenvalue weighted by molar-refractivity contribution is 0.447. The summed E-state index contributed by atoms with van der Waals surface area (Å²) in [6.07, 6.45) is 2.59. The Morgan fingerprint density at radius 3 is 2.53 bits per heavy atom. The smallest absolute Gasteiger partial charge is 0.185 e. The van der Waals surface area contributed by atoms with E-state index in [1.165, 1.54) is 41.6 Å². The molecule has 4 heteroatoms. The van der Waals surface area contributed by atoms with Gasteiger partial charge in [0.1, 0.15) is 0 Å². The van der Waals surface area contributed by atoms with Crippen molar-refractivity contribution in [3.63, 3.8) is 0 Å². The molecule has 15 heavy (non-hydrogen) atoms. The molecule has 0 unspecified atom stereocenters. The average molecular weight is 289 g/mol. The van der Waals surface area contributed by atoms with Crippen LogP contribution in [0.3, 0.4) is 0 Å². The largest absolute Gasteiger partial charge is 0.348 e. The molecule has 1 fully saturated rings. The summed E-state index contributed by atoms with van der Waals surface area (Å²) in [5.74, 6) is 0.864. The maximum atomic E-state index is 4.62. The summed E-state index contributed by atoms with van der Waals surface area (Å²) in [5, 5.41) is 2.37. The van der Waals surface area contributed by atoms with E-state index in [-0.39, 0.29) is 0 Å². The van der Waals surface area contributed by atoms with Gasteiger partial charge in [-0.25, -0.2) is 4.98 Å². The lowest BCUT2D eigenvalue weighted by Crippen LogP contribution is -2.34. The number of halogens is 1. The molecular weight excluding hydrogens is 272 g/mol. The number of rotatable bonds is 2. The van der Waals surface area contributed by atoms with Gasteiger partial charge in [-0.1, -0.05) is 15.9 Å². The molecule has 0 aromatic carbocycles. The molecule has 1 aromatic heterocycles. The quantitative estimate of drug-likeness (QED) is 0.776. The molecule has 0 spiro atoms. The maximum Gasteiger partial charge on any atom is 0.185 e. The first-order chi connectivity index (χ1) is 7.20. The summed E-state index contributed by atoms with van der Waals surface area (Å²) in [6.45, 7) is 6.59. The lowest BCUT2D eigenvalue weighted by atomic mass is 10.00. The van der Waals surface area contributed by atoms with Gasteiger partial charge in [0.15, 0.2) is 5.13 Å². The van der Waals surface area contributed by atoms with Gasteiger partial charge in [0.2, 0.25) is 0 Å². The summed E-state index contributed by atoms with van der Waals surface area (Å²) >= 11 is 5.40. The van der Waals surface area contributed by atoms with Crippen molar-refractivity contribution in [2.45, 2.75) is 26.7 Å². The van der Waals surface area contributed by atoms with Crippen molar-refractivity contribution in [3.05, 3.63) is 10.6 Å². The molecule has 1 aliphatic rings. The van der Waals surface area contributed by atoms with Crippen molar-refractivity contribution in [2.24, 2.45) is 5.92 Å². The first-order valence-electron chi connectivity index (χ1n) is 5.45. The van der Waals surface area contributed by atoms with E-state index < -0.39 is 0 Å². The monoisotopic (exact) mass is 288 g/mol. The molecule has 0 bridgehead atoms. The zero-order chi connectivity index (χ0) is 10.8. The highest BCUT2D eigenvalue weighted by molar-refractivity contribution is 9.09. The van der Waals surface area contributed by atoms with E-state index in [1.807, 2.05) is 11.3 Å². The van der Waals surface area contributed by atoms with Gasteiger partial charge in [-0.05, 0) is 32.6 Å². The van der Waals surface area contributed by atoms with E-state index in [1.54, 1.807) is 0 Å². The van der Waals surface area contributed by atoms with Crippen LogP contribution in [-0.4, -0.2) is 23.4 Å². The van der Waals surface area contributed by atoms with Crippen LogP contribution in [0, 0.1) is 19.8 Å². The minimum atomic E-state index is 0.864. The second kappa shape index (κ2) is 4.83. The molecule has 0 amide bonds. The maximum absolute atomic E-state index is 4.62. The van der Waals surface area contributed by atoms with Crippen molar-refractivity contribution in [1.29, 1.82) is 0 Å². The molecule has 2 heterocycles. The highest BCUT2D eigenvalue weighted by Gasteiger charge is 2.20. The van der Waals surface area contributed by atoms with E-state index in [2.05, 4.69) is 39.7 Å². The van der Waals surface area contributed by atoms with Gasteiger partial charge in [-0.15, -0.1) is 11.3 Å². The molecule has 0 atom stereocenters. The number of nitrogens with zero attached hydrogens (tertiary/aromatic N) is 2. The van der Waals surface area contributed by atoms with Crippen molar-refractivity contribution in [2.75, 3.05) is 23.3 Å². The van der Waals surface area contributed by atoms with Gasteiger partial charge in [-0.3, -0.25) is 0 Å². The zero-order valence-electron chi connectivity index (χ0n) is 9.29. The Kier molecular flexibility index (Phi) is 3.67. The van der Waals surface area contributed by atoms with Crippen LogP contribution in [0.25, 0.3) is 0 Å². The van der Waals surface area contributed by atoms with E-state index >= 15 is 0 Å². The Balaban J connectivity index is 2.01. The fraction of sp³-hybridized carbons (Fsp3) is 0.727. The summed E-state index contributed by atoms with van der Waals surface area (Å²) in [5.41, 5.74) is 1.19. The predicted molar refractivity (Wildman–Crippen MR) is 70.3 cm³/mol. The second-order valence-electron chi connectivity index (χ2n) is 4.22. The van der Waals surface area contributed by atoms with Gasteiger partial charge in [0, 0.05) is 23.3 Å². The van der Waals surface area contributed by atoms with Crippen LogP contribution >= 0.6 is 27.3 Å². The van der Waals surface area contributed by atoms with Gasteiger partial charge in [0.05, 0.1) is 5.69 Å². The van der Waals surface area contributed by atoms with Crippen LogP contribution in [-0.2, 0) is 0 Å². The molecule has 0 aliphatic carbocycles. The summed E-state index contributed by atoms with van der Waals surface area (Å²) < 4.78 is 0. The van der Waals surface area contributed by atoms with Crippen LogP contribution < -0.4 is 4.90 Å². The zero-order valence-corrected chi connectivity index (χ0v) is 11.7. The Morgan fingerprint density at radius 2 is 2.07 bits per heavy atom. The van der Waals surface area contributed by atoms with Crippen LogP contribution in [0.15, 0.2) is 0 Å². The molecule has 0 saturated carbocycles. The topological polar surface area (TPSA) is 16.1 Å². The number of piperidine rings is 1. The molecule has 0 radical (unpaired) electrons. The number of anilines is 1. The van der Waals surface area contributed by atoms with E-state index in [0.717, 1.165) is 11.2 Å². The van der Waals surface area contributed by atoms with Crippen molar-refractivity contribution >= 4 is 32.4 Å². The number of aromatic nitrogens is 1. The third-order valence-electron chi connectivity index (χ3n) is 3.12. The first kappa shape index (κ1) is 11.4. The van der Waals surface area contributed by atoms with E-state index in [9.17, 15) is 0 Å². The number of alkyl halides is 1. The molecule has 2 rings (SSSR count). The molecule has 1 saturated heterocycles. The molecule has 1 aliphatic heterocycles. The number of hydrogen-bond donors (Lipinski definition) is 0. The fourth-order valence-electron chi connectivity index (χ4n) is 1.87. The van der Waals surface area contributed by atoms with Crippen molar-refractivity contribution in [1.82, 2.24) is 4.98 Å². The van der Waals surface area contributed by atoms with Gasteiger partial charge in [0.25, 0.3) is 0 Å². The summed E-state index contributed by atoms with van der Waals surface area (Å²) in [6, 6.07) is 0. The number of hydrogen-bond acceptors (Lipinski definition) is 3. The van der Waals surface area contributed by atoms with Crippen molar-refractivity contribution < 1.29 is 0 Å². The third-order valence-corrected chi connectivity index (χ3v) is 5.17. The van der Waals surface area contributed by atoms with Gasteiger partial charge >= 0.3 is 0 Å². The molecule has 2 nitrogen and oxygen atoms in total. The van der Waals surface area contributed by atoms with E-state index in [4.69, 9.17) is 0 Å². The second-order valence-corrected chi connectivity index (χ2v) is 6.05. The summed E-state index contributed by atoms with van der Waals surface area (Å²) in [7, 11) is 0. The van der Waals surface area contributed by atoms with Gasteiger partial charge < -0.3 is 4.90 Å². The van der Waals surface area contributed by atoms with Crippen LogP contribution in [0.1, 0.15) is 23.4 Å². The number of aryl methyl sites for hydroxylation is 2. The molecule has 1 aromatic rings. The molecule has 0 N–H and O–H groups in total. The van der Waals surface area contributed by atoms with Crippen LogP contribution in [0.4, 0.5) is 5.13 Å². The van der Waals surface area contributed by atoms with E-state index in [0.29, 0.717) is 0 Å². The first-order valence-corrected chi connectivity index (χ1v) is 7.39. The highest BCUT2D eigenvalue weighted by Crippen LogP contribution is 2.29. The third kappa shape index (κ3) is 2.53. The Labute approximate surface area is 104 Å². The normalized spacial score (nSPS) is 18.5. The Hall–Kier alpha value is -0.0900. The molecule has 84 valence electrons. The molecular formula is C11H17BrN2S. The highest BCUT2D eigenvalue weighted by atomic mass is 79.9. The average Bonchev–Trinajstić information content (AvgIpc) is 2.59. The van der Waals surface area contributed by atoms with Crippen LogP contribution in [0.2, 0.25) is 0 Å². The Bertz CT molecular complexity index is 310. The fourth-order valence-corrected chi connectivity index (χ4v) is 3.48. The predicted octanol–water partition coefficient (Wildman–Crippen LogP) is 3.37. The number of thiazole rings is 1. The standard InChI is InChI=1S/C11H17BrN2S/c1-8-9(2)15-11(13-8)14-5-3-10(7-12)4-6-14/h10H,3-7H2,1-2H3. The Morgan fingerprint density at radius 1 is 1.40 bits per heavy atom. The lowest BCUT2D eigenvalue weighted by Gasteiger charge is -2.30. The SMILES string of the molecule is Cc1nc(N2CCC(CBr)CC2)sc1C. The minimum absolute atomic E-state index is 0.864. The van der Waals surface area contributed by atoms with Crippen LogP contribution in [0.5, 0.6) is 0 Å². The van der Waals surface area contributed by atoms with Crippen molar-refractivity contribution in [3.8, 4) is 0 Å².